The number of hydrogen-bond acceptors (Lipinski definition) is 2. The number of ether oxygens (including phenoxy) is 1. The Balaban J connectivity index is 0. The molecule has 3 heteroatoms. The van der Waals surface area contributed by atoms with E-state index in [1.165, 1.54) is 12.7 Å². The highest BCUT2D eigenvalue weighted by atomic mass is 16.5. The van der Waals surface area contributed by atoms with Crippen molar-refractivity contribution < 1.29 is 9.53 Å². The van der Waals surface area contributed by atoms with E-state index in [-0.39, 0.29) is 5.97 Å². The number of hydrogen-bond donors (Lipinski definition) is 0. The van der Waals surface area contributed by atoms with Crippen molar-refractivity contribution in [2.45, 2.75) is 53.7 Å². The van der Waals surface area contributed by atoms with Crippen LogP contribution in [0.25, 0.3) is 0 Å². The Labute approximate surface area is 126 Å². The molecule has 0 amide bonds. The molecule has 0 saturated carbocycles. The van der Waals surface area contributed by atoms with Gasteiger partial charge in [-0.2, -0.15) is 0 Å². The van der Waals surface area contributed by atoms with Crippen molar-refractivity contribution in [3.8, 4) is 0 Å². The SMILES string of the molecule is CC.COC(=O)C[C@H](C)CCc1ccccc1.C[B]C. The van der Waals surface area contributed by atoms with Gasteiger partial charge in [-0.25, -0.2) is 0 Å². The highest BCUT2D eigenvalue weighted by molar-refractivity contribution is 6.31. The number of carbonyl (C=O) groups excluding carboxylic acids is 1. The van der Waals surface area contributed by atoms with Crippen molar-refractivity contribution >= 4 is 13.2 Å². The van der Waals surface area contributed by atoms with Gasteiger partial charge in [0.05, 0.1) is 7.11 Å². The zero-order chi connectivity index (χ0) is 15.8. The maximum atomic E-state index is 11.0. The third-order valence-corrected chi connectivity index (χ3v) is 2.51. The fourth-order valence-corrected chi connectivity index (χ4v) is 1.53. The molecule has 0 bridgehead atoms. The maximum absolute atomic E-state index is 11.0. The van der Waals surface area contributed by atoms with Crippen LogP contribution in [0.1, 0.15) is 39.2 Å². The van der Waals surface area contributed by atoms with Gasteiger partial charge < -0.3 is 4.74 Å². The van der Waals surface area contributed by atoms with Crippen LogP contribution >= 0.6 is 0 Å². The van der Waals surface area contributed by atoms with Crippen LogP contribution in [0, 0.1) is 5.92 Å². The Morgan fingerprint density at radius 3 is 2.15 bits per heavy atom. The minimum atomic E-state index is -0.115. The molecule has 20 heavy (non-hydrogen) atoms. The molecule has 0 N–H and O–H groups in total. The third-order valence-electron chi connectivity index (χ3n) is 2.51. The Bertz CT molecular complexity index is 312. The molecule has 1 atom stereocenters. The van der Waals surface area contributed by atoms with E-state index >= 15 is 0 Å². The molecule has 2 nitrogen and oxygen atoms in total. The summed E-state index contributed by atoms with van der Waals surface area (Å²) in [6, 6.07) is 10.3. The summed E-state index contributed by atoms with van der Waals surface area (Å²) in [6.07, 6.45) is 2.57. The summed E-state index contributed by atoms with van der Waals surface area (Å²) < 4.78 is 4.63. The first-order chi connectivity index (χ1) is 9.63. The summed E-state index contributed by atoms with van der Waals surface area (Å²) in [4.78, 5) is 11.0. The van der Waals surface area contributed by atoms with E-state index in [1.807, 2.05) is 53.0 Å². The van der Waals surface area contributed by atoms with E-state index < -0.39 is 0 Å². The van der Waals surface area contributed by atoms with E-state index in [2.05, 4.69) is 23.8 Å². The van der Waals surface area contributed by atoms with Crippen molar-refractivity contribution in [3.63, 3.8) is 0 Å². The van der Waals surface area contributed by atoms with Gasteiger partial charge in [0.15, 0.2) is 0 Å². The molecule has 1 radical (unpaired) electrons. The normalized spacial score (nSPS) is 10.1. The van der Waals surface area contributed by atoms with Gasteiger partial charge in [-0.15, -0.1) is 0 Å². The monoisotopic (exact) mass is 277 g/mol. The van der Waals surface area contributed by atoms with Crippen molar-refractivity contribution in [3.05, 3.63) is 35.9 Å². The average molecular weight is 277 g/mol. The number of esters is 1. The molecule has 0 aliphatic carbocycles. The Kier molecular flexibility index (Phi) is 16.6. The molecule has 0 aromatic heterocycles. The van der Waals surface area contributed by atoms with E-state index in [0.717, 1.165) is 12.8 Å². The van der Waals surface area contributed by atoms with Crippen LogP contribution in [0.2, 0.25) is 13.6 Å². The summed E-state index contributed by atoms with van der Waals surface area (Å²) in [5.74, 6) is 0.271. The number of benzene rings is 1. The molecule has 0 spiro atoms. The molecule has 0 aliphatic heterocycles. The van der Waals surface area contributed by atoms with Crippen LogP contribution in [0.4, 0.5) is 0 Å². The van der Waals surface area contributed by atoms with Crippen molar-refractivity contribution in [1.29, 1.82) is 0 Å². The predicted molar refractivity (Wildman–Crippen MR) is 89.4 cm³/mol. The van der Waals surface area contributed by atoms with Gasteiger partial charge in [-0.1, -0.05) is 64.7 Å². The van der Waals surface area contributed by atoms with Gasteiger partial charge in [0, 0.05) is 6.42 Å². The summed E-state index contributed by atoms with van der Waals surface area (Å²) in [6.45, 7) is 10.1. The van der Waals surface area contributed by atoms with E-state index in [1.54, 1.807) is 0 Å². The lowest BCUT2D eigenvalue weighted by atomic mass is 9.88. The molecule has 1 rings (SSSR count). The number of rotatable bonds is 5. The number of aryl methyl sites for hydroxylation is 1. The molecular formula is C17H30BO2. The number of methoxy groups -OCH3 is 1. The first kappa shape index (κ1) is 21.1. The van der Waals surface area contributed by atoms with Crippen LogP contribution in [-0.4, -0.2) is 20.4 Å². The molecular weight excluding hydrogens is 247 g/mol. The fraction of sp³-hybridized carbons (Fsp3) is 0.588. The van der Waals surface area contributed by atoms with Crippen LogP contribution in [0.3, 0.4) is 0 Å². The van der Waals surface area contributed by atoms with Crippen molar-refractivity contribution in [2.24, 2.45) is 5.92 Å². The van der Waals surface area contributed by atoms with Crippen LogP contribution in [0.15, 0.2) is 30.3 Å². The lowest BCUT2D eigenvalue weighted by Gasteiger charge is -2.09. The second-order valence-corrected chi connectivity index (χ2v) is 4.49. The second kappa shape index (κ2) is 15.8. The summed E-state index contributed by atoms with van der Waals surface area (Å²) >= 11 is 0. The van der Waals surface area contributed by atoms with Gasteiger partial charge in [-0.3, -0.25) is 4.79 Å². The minimum absolute atomic E-state index is 0.115. The molecule has 0 heterocycles. The standard InChI is InChI=1S/C13H18O2.C2H6B.C2H6/c1-11(10-13(14)15-2)8-9-12-6-4-3-5-7-12;1-3-2;1-2/h3-7,11H,8-10H2,1-2H3;1-2H3;1-2H3/t11-;;/m1../s1. The van der Waals surface area contributed by atoms with Gasteiger partial charge in [-0.05, 0) is 24.3 Å². The van der Waals surface area contributed by atoms with Gasteiger partial charge in [0.2, 0.25) is 0 Å². The van der Waals surface area contributed by atoms with Gasteiger partial charge in [0.1, 0.15) is 7.28 Å². The summed E-state index contributed by atoms with van der Waals surface area (Å²) in [5, 5.41) is 0. The predicted octanol–water partition coefficient (Wildman–Crippen LogP) is 4.63. The molecule has 1 aromatic carbocycles. The quantitative estimate of drug-likeness (QED) is 0.579. The van der Waals surface area contributed by atoms with E-state index in [4.69, 9.17) is 0 Å². The lowest BCUT2D eigenvalue weighted by molar-refractivity contribution is -0.141. The smallest absolute Gasteiger partial charge is 0.305 e. The van der Waals surface area contributed by atoms with Crippen LogP contribution in [-0.2, 0) is 16.0 Å². The minimum Gasteiger partial charge on any atom is -0.469 e. The Hall–Kier alpha value is -1.25. The van der Waals surface area contributed by atoms with Gasteiger partial charge in [0.25, 0.3) is 0 Å². The van der Waals surface area contributed by atoms with Gasteiger partial charge >= 0.3 is 5.97 Å². The molecule has 0 saturated heterocycles. The average Bonchev–Trinajstić information content (AvgIpc) is 2.49. The largest absolute Gasteiger partial charge is 0.469 e. The molecule has 0 fully saturated rings. The highest BCUT2D eigenvalue weighted by Crippen LogP contribution is 2.12. The van der Waals surface area contributed by atoms with Crippen molar-refractivity contribution in [2.75, 3.05) is 7.11 Å². The first-order valence-electron chi connectivity index (χ1n) is 7.48. The zero-order valence-corrected chi connectivity index (χ0v) is 14.0. The third kappa shape index (κ3) is 13.2. The molecule has 1 aromatic rings. The van der Waals surface area contributed by atoms with Crippen LogP contribution in [0.5, 0.6) is 0 Å². The van der Waals surface area contributed by atoms with Crippen molar-refractivity contribution in [1.82, 2.24) is 0 Å². The summed E-state index contributed by atoms with van der Waals surface area (Å²) in [5.41, 5.74) is 1.33. The molecule has 113 valence electrons. The Morgan fingerprint density at radius 1 is 1.20 bits per heavy atom. The van der Waals surface area contributed by atoms with Crippen LogP contribution < -0.4 is 0 Å². The van der Waals surface area contributed by atoms with E-state index in [9.17, 15) is 4.79 Å². The topological polar surface area (TPSA) is 26.3 Å². The molecule has 0 aliphatic rings. The number of carbonyl (C=O) groups is 1. The lowest BCUT2D eigenvalue weighted by Crippen LogP contribution is -2.07. The maximum Gasteiger partial charge on any atom is 0.305 e. The van der Waals surface area contributed by atoms with E-state index in [0.29, 0.717) is 12.3 Å². The summed E-state index contributed by atoms with van der Waals surface area (Å²) in [7, 11) is 3.44. The zero-order valence-electron chi connectivity index (χ0n) is 14.0. The first-order valence-corrected chi connectivity index (χ1v) is 7.48. The second-order valence-electron chi connectivity index (χ2n) is 4.49. The highest BCUT2D eigenvalue weighted by Gasteiger charge is 2.08. The Morgan fingerprint density at radius 2 is 1.70 bits per heavy atom. The molecule has 0 unspecified atom stereocenters. The fourth-order valence-electron chi connectivity index (χ4n) is 1.53.